The van der Waals surface area contributed by atoms with E-state index >= 15 is 0 Å². The summed E-state index contributed by atoms with van der Waals surface area (Å²) in [5, 5.41) is 0. The van der Waals surface area contributed by atoms with E-state index in [0.717, 1.165) is 18.3 Å². The SMILES string of the molecule is C/C=C/C1CCC(CCc2ccc(CC)cc2)CC1. The standard InChI is InChI=1S/C19H28/c1-3-5-17-10-12-19(13-11-17)15-14-18-8-6-16(4-2)7-9-18/h3,5-9,17,19H,4,10-15H2,1-2H3/b5-3+. The van der Waals surface area contributed by atoms with E-state index < -0.39 is 0 Å². The Hall–Kier alpha value is -1.04. The van der Waals surface area contributed by atoms with Crippen molar-refractivity contribution in [3.8, 4) is 0 Å². The van der Waals surface area contributed by atoms with Gasteiger partial charge in [0, 0.05) is 0 Å². The van der Waals surface area contributed by atoms with Gasteiger partial charge < -0.3 is 0 Å². The van der Waals surface area contributed by atoms with Crippen molar-refractivity contribution in [2.75, 3.05) is 0 Å². The minimum atomic E-state index is 0.866. The quantitative estimate of drug-likeness (QED) is 0.605. The molecule has 1 saturated carbocycles. The van der Waals surface area contributed by atoms with Crippen LogP contribution in [0, 0.1) is 11.8 Å². The van der Waals surface area contributed by atoms with E-state index in [9.17, 15) is 0 Å². The molecule has 1 aliphatic carbocycles. The van der Waals surface area contributed by atoms with Gasteiger partial charge in [-0.25, -0.2) is 0 Å². The lowest BCUT2D eigenvalue weighted by molar-refractivity contribution is 0.296. The summed E-state index contributed by atoms with van der Waals surface area (Å²) in [4.78, 5) is 0. The molecule has 0 nitrogen and oxygen atoms in total. The fourth-order valence-corrected chi connectivity index (χ4v) is 3.25. The molecule has 2 rings (SSSR count). The molecule has 1 aliphatic rings. The molecule has 0 saturated heterocycles. The fraction of sp³-hybridized carbons (Fsp3) is 0.579. The first-order valence-electron chi connectivity index (χ1n) is 8.02. The molecule has 19 heavy (non-hydrogen) atoms. The molecule has 104 valence electrons. The summed E-state index contributed by atoms with van der Waals surface area (Å²) in [6, 6.07) is 9.23. The summed E-state index contributed by atoms with van der Waals surface area (Å²) in [7, 11) is 0. The maximum Gasteiger partial charge on any atom is -0.0233 e. The maximum atomic E-state index is 2.40. The molecule has 1 fully saturated rings. The molecular weight excluding hydrogens is 228 g/mol. The van der Waals surface area contributed by atoms with Crippen molar-refractivity contribution in [2.45, 2.75) is 58.8 Å². The number of aryl methyl sites for hydroxylation is 2. The number of rotatable bonds is 5. The van der Waals surface area contributed by atoms with Crippen LogP contribution in [-0.4, -0.2) is 0 Å². The molecule has 0 amide bonds. The van der Waals surface area contributed by atoms with Crippen molar-refractivity contribution in [3.63, 3.8) is 0 Å². The third-order valence-corrected chi connectivity index (χ3v) is 4.63. The van der Waals surface area contributed by atoms with Crippen LogP contribution in [0.2, 0.25) is 0 Å². The predicted molar refractivity (Wildman–Crippen MR) is 84.4 cm³/mol. The monoisotopic (exact) mass is 256 g/mol. The molecule has 1 aromatic carbocycles. The second-order valence-electron chi connectivity index (χ2n) is 6.02. The zero-order chi connectivity index (χ0) is 13.5. The van der Waals surface area contributed by atoms with Crippen molar-refractivity contribution in [2.24, 2.45) is 11.8 Å². The van der Waals surface area contributed by atoms with Crippen LogP contribution in [0.25, 0.3) is 0 Å². The summed E-state index contributed by atoms with van der Waals surface area (Å²) in [5.74, 6) is 1.83. The van der Waals surface area contributed by atoms with Gasteiger partial charge in [-0.3, -0.25) is 0 Å². The second kappa shape index (κ2) is 7.53. The highest BCUT2D eigenvalue weighted by molar-refractivity contribution is 5.22. The topological polar surface area (TPSA) is 0 Å². The molecule has 0 spiro atoms. The van der Waals surface area contributed by atoms with Gasteiger partial charge in [0.05, 0.1) is 0 Å². The van der Waals surface area contributed by atoms with Gasteiger partial charge in [0.2, 0.25) is 0 Å². The number of benzene rings is 1. The van der Waals surface area contributed by atoms with E-state index in [1.807, 2.05) is 0 Å². The maximum absolute atomic E-state index is 2.40. The highest BCUT2D eigenvalue weighted by Gasteiger charge is 2.18. The zero-order valence-corrected chi connectivity index (χ0v) is 12.6. The normalized spacial score (nSPS) is 23.9. The summed E-state index contributed by atoms with van der Waals surface area (Å²) >= 11 is 0. The fourth-order valence-electron chi connectivity index (χ4n) is 3.25. The summed E-state index contributed by atoms with van der Waals surface area (Å²) in [5.41, 5.74) is 2.98. The van der Waals surface area contributed by atoms with E-state index in [2.05, 4.69) is 50.3 Å². The smallest absolute Gasteiger partial charge is 0.0233 e. The van der Waals surface area contributed by atoms with E-state index in [0.29, 0.717) is 0 Å². The molecule has 0 heteroatoms. The largest absolute Gasteiger partial charge is 0.0914 e. The number of allylic oxidation sites excluding steroid dienone is 2. The van der Waals surface area contributed by atoms with Crippen LogP contribution in [-0.2, 0) is 12.8 Å². The molecule has 0 aromatic heterocycles. The lowest BCUT2D eigenvalue weighted by Crippen LogP contribution is -2.13. The Morgan fingerprint density at radius 2 is 1.63 bits per heavy atom. The van der Waals surface area contributed by atoms with Gasteiger partial charge in [-0.1, -0.05) is 43.3 Å². The average molecular weight is 256 g/mol. The Bertz CT molecular complexity index is 377. The predicted octanol–water partition coefficient (Wildman–Crippen LogP) is 5.56. The van der Waals surface area contributed by atoms with Gasteiger partial charge in [0.15, 0.2) is 0 Å². The molecule has 0 radical (unpaired) electrons. The molecule has 0 unspecified atom stereocenters. The Balaban J connectivity index is 1.74. The van der Waals surface area contributed by atoms with Crippen LogP contribution < -0.4 is 0 Å². The molecular formula is C19H28. The van der Waals surface area contributed by atoms with E-state index in [4.69, 9.17) is 0 Å². The zero-order valence-electron chi connectivity index (χ0n) is 12.6. The Morgan fingerprint density at radius 3 is 2.21 bits per heavy atom. The summed E-state index contributed by atoms with van der Waals surface area (Å²) in [6.07, 6.45) is 14.1. The average Bonchev–Trinajstić information content (AvgIpc) is 2.47. The van der Waals surface area contributed by atoms with Crippen molar-refractivity contribution in [1.82, 2.24) is 0 Å². The molecule has 0 atom stereocenters. The lowest BCUT2D eigenvalue weighted by Gasteiger charge is -2.26. The van der Waals surface area contributed by atoms with Gasteiger partial charge in [-0.05, 0) is 74.8 Å². The Kier molecular flexibility index (Phi) is 5.69. The van der Waals surface area contributed by atoms with Gasteiger partial charge in [-0.15, -0.1) is 0 Å². The van der Waals surface area contributed by atoms with Gasteiger partial charge in [0.1, 0.15) is 0 Å². The van der Waals surface area contributed by atoms with E-state index in [1.54, 1.807) is 0 Å². The lowest BCUT2D eigenvalue weighted by atomic mass is 9.79. The second-order valence-corrected chi connectivity index (χ2v) is 6.02. The van der Waals surface area contributed by atoms with Crippen LogP contribution in [0.5, 0.6) is 0 Å². The van der Waals surface area contributed by atoms with Gasteiger partial charge in [-0.2, -0.15) is 0 Å². The third-order valence-electron chi connectivity index (χ3n) is 4.63. The van der Waals surface area contributed by atoms with Crippen molar-refractivity contribution < 1.29 is 0 Å². The van der Waals surface area contributed by atoms with E-state index in [1.165, 1.54) is 49.7 Å². The Morgan fingerprint density at radius 1 is 1.00 bits per heavy atom. The Labute approximate surface area is 118 Å². The summed E-state index contributed by atoms with van der Waals surface area (Å²) < 4.78 is 0. The first-order chi connectivity index (χ1) is 9.31. The number of hydrogen-bond acceptors (Lipinski definition) is 0. The van der Waals surface area contributed by atoms with Crippen molar-refractivity contribution >= 4 is 0 Å². The minimum absolute atomic E-state index is 0.866. The van der Waals surface area contributed by atoms with Crippen LogP contribution in [0.3, 0.4) is 0 Å². The molecule has 0 aliphatic heterocycles. The molecule has 1 aromatic rings. The highest BCUT2D eigenvalue weighted by atomic mass is 14.2. The van der Waals surface area contributed by atoms with Crippen molar-refractivity contribution in [1.29, 1.82) is 0 Å². The molecule has 0 bridgehead atoms. The molecule has 0 heterocycles. The molecule has 0 N–H and O–H groups in total. The van der Waals surface area contributed by atoms with E-state index in [-0.39, 0.29) is 0 Å². The first kappa shape index (κ1) is 14.4. The van der Waals surface area contributed by atoms with Crippen molar-refractivity contribution in [3.05, 3.63) is 47.5 Å². The summed E-state index contributed by atoms with van der Waals surface area (Å²) in [6.45, 7) is 4.37. The van der Waals surface area contributed by atoms with Crippen LogP contribution in [0.1, 0.15) is 57.1 Å². The van der Waals surface area contributed by atoms with Gasteiger partial charge in [0.25, 0.3) is 0 Å². The third kappa shape index (κ3) is 4.53. The van der Waals surface area contributed by atoms with Crippen LogP contribution in [0.4, 0.5) is 0 Å². The number of hydrogen-bond donors (Lipinski definition) is 0. The minimum Gasteiger partial charge on any atom is -0.0914 e. The van der Waals surface area contributed by atoms with Crippen LogP contribution in [0.15, 0.2) is 36.4 Å². The highest BCUT2D eigenvalue weighted by Crippen LogP contribution is 2.32. The van der Waals surface area contributed by atoms with Gasteiger partial charge >= 0.3 is 0 Å². The first-order valence-corrected chi connectivity index (χ1v) is 8.02. The van der Waals surface area contributed by atoms with Crippen LogP contribution >= 0.6 is 0 Å².